The van der Waals surface area contributed by atoms with Crippen molar-refractivity contribution in [3.63, 3.8) is 0 Å². The molecule has 6 heteroatoms. The van der Waals surface area contributed by atoms with E-state index in [2.05, 4.69) is 84.9 Å². The fourth-order valence-corrected chi connectivity index (χ4v) is 3.98. The zero-order valence-electron chi connectivity index (χ0n) is 20.1. The zero-order chi connectivity index (χ0) is 25.7. The Morgan fingerprint density at radius 3 is 1.30 bits per heavy atom. The molecule has 1 aromatic heterocycles. The molecular formula is C31H25Cl2N3Zr. The molecule has 5 rings (SSSR count). The van der Waals surface area contributed by atoms with Gasteiger partial charge in [-0.2, -0.15) is 0 Å². The van der Waals surface area contributed by atoms with Gasteiger partial charge in [0.15, 0.2) is 0 Å². The largest absolute Gasteiger partial charge is 0.679 e. The van der Waals surface area contributed by atoms with Crippen LogP contribution in [0.5, 0.6) is 0 Å². The average Bonchev–Trinajstić information content (AvgIpc) is 2.97. The van der Waals surface area contributed by atoms with Gasteiger partial charge in [-0.25, -0.2) is 0 Å². The van der Waals surface area contributed by atoms with Crippen LogP contribution in [0.25, 0.3) is 32.9 Å². The van der Waals surface area contributed by atoms with Crippen LogP contribution in [-0.4, -0.2) is 4.98 Å². The third kappa shape index (κ3) is 8.04. The van der Waals surface area contributed by atoms with Gasteiger partial charge in [-0.15, -0.1) is 11.4 Å². The van der Waals surface area contributed by atoms with Crippen molar-refractivity contribution in [2.75, 3.05) is 0 Å². The average molecular weight is 602 g/mol. The molecule has 0 saturated carbocycles. The maximum atomic E-state index is 4.93. The van der Waals surface area contributed by atoms with Crippen LogP contribution in [0.4, 0.5) is 11.4 Å². The summed E-state index contributed by atoms with van der Waals surface area (Å²) in [6.45, 7) is 1.05. The Kier molecular flexibility index (Phi) is 10.8. The molecule has 0 aliphatic rings. The van der Waals surface area contributed by atoms with Crippen LogP contribution in [0.15, 0.2) is 127 Å². The molecule has 0 atom stereocenters. The summed E-state index contributed by atoms with van der Waals surface area (Å²) < 4.78 is 0. The molecule has 0 amide bonds. The van der Waals surface area contributed by atoms with Crippen LogP contribution in [-0.2, 0) is 33.9 Å². The molecule has 3 nitrogen and oxygen atoms in total. The number of hydrogen-bond donors (Lipinski definition) is 0. The quantitative estimate of drug-likeness (QED) is 0.174. The minimum atomic E-state index is -0.826. The van der Waals surface area contributed by atoms with Crippen molar-refractivity contribution in [3.05, 3.63) is 149 Å². The normalized spacial score (nSPS) is 10.0. The summed E-state index contributed by atoms with van der Waals surface area (Å²) in [6.07, 6.45) is 0. The maximum absolute atomic E-state index is 4.93. The molecule has 5 aromatic rings. The number of benzene rings is 4. The van der Waals surface area contributed by atoms with Gasteiger partial charge in [0, 0.05) is 11.4 Å². The smallest absolute Gasteiger partial charge is 0.0230 e. The van der Waals surface area contributed by atoms with Crippen molar-refractivity contribution in [2.45, 2.75) is 13.1 Å². The third-order valence-electron chi connectivity index (χ3n) is 5.66. The van der Waals surface area contributed by atoms with E-state index in [1.165, 1.54) is 11.1 Å². The van der Waals surface area contributed by atoms with Crippen LogP contribution in [0.2, 0.25) is 0 Å². The molecular weight excluding hydrogens is 576 g/mol. The van der Waals surface area contributed by atoms with Crippen LogP contribution in [0.3, 0.4) is 0 Å². The van der Waals surface area contributed by atoms with Gasteiger partial charge < -0.3 is 10.6 Å². The molecule has 0 aliphatic carbocycles. The molecule has 4 aromatic carbocycles. The van der Waals surface area contributed by atoms with E-state index in [1.54, 1.807) is 0 Å². The summed E-state index contributed by atoms with van der Waals surface area (Å²) in [5.74, 6) is 0. The summed E-state index contributed by atoms with van der Waals surface area (Å²) >= 11 is -0.826. The van der Waals surface area contributed by atoms with Gasteiger partial charge in [-0.05, 0) is 34.4 Å². The number of aromatic nitrogens is 1. The third-order valence-corrected chi connectivity index (χ3v) is 5.66. The van der Waals surface area contributed by atoms with E-state index in [0.717, 1.165) is 33.9 Å². The van der Waals surface area contributed by atoms with Gasteiger partial charge in [0.2, 0.25) is 0 Å². The van der Waals surface area contributed by atoms with E-state index < -0.39 is 20.8 Å². The first-order valence-corrected chi connectivity index (χ1v) is 18.2. The van der Waals surface area contributed by atoms with E-state index in [4.69, 9.17) is 32.6 Å². The van der Waals surface area contributed by atoms with Gasteiger partial charge in [0.25, 0.3) is 0 Å². The number of rotatable bonds is 8. The van der Waals surface area contributed by atoms with Gasteiger partial charge in [0.05, 0.1) is 0 Å². The monoisotopic (exact) mass is 599 g/mol. The summed E-state index contributed by atoms with van der Waals surface area (Å²) in [4.78, 5) is 4.82. The summed E-state index contributed by atoms with van der Waals surface area (Å²) in [6, 6.07) is 43.3. The first-order chi connectivity index (χ1) is 18.3. The molecule has 0 unspecified atom stereocenters. The molecule has 0 N–H and O–H groups in total. The van der Waals surface area contributed by atoms with Crippen LogP contribution in [0, 0.1) is 0 Å². The molecule has 37 heavy (non-hydrogen) atoms. The Bertz CT molecular complexity index is 1280. The number of pyridine rings is 1. The number of nitrogens with zero attached hydrogens (tertiary/aromatic N) is 3. The molecule has 0 spiro atoms. The summed E-state index contributed by atoms with van der Waals surface area (Å²) in [7, 11) is 9.87. The van der Waals surface area contributed by atoms with E-state index in [-0.39, 0.29) is 0 Å². The SMILES string of the molecule is [Cl][Zr+2][Cl].c1ccc(-c2ccccc2[N-]Cc2cccc(C[N-]c3ccccc3-c3ccccc3)n2)cc1. The molecule has 0 saturated heterocycles. The van der Waals surface area contributed by atoms with E-state index >= 15 is 0 Å². The molecule has 0 radical (unpaired) electrons. The molecule has 182 valence electrons. The second-order valence-electron chi connectivity index (χ2n) is 8.09. The van der Waals surface area contributed by atoms with Crippen LogP contribution < -0.4 is 0 Å². The topological polar surface area (TPSA) is 41.1 Å². The predicted molar refractivity (Wildman–Crippen MR) is 153 cm³/mol. The Morgan fingerprint density at radius 2 is 0.865 bits per heavy atom. The fourth-order valence-electron chi connectivity index (χ4n) is 3.98. The van der Waals surface area contributed by atoms with Crippen molar-refractivity contribution in [1.29, 1.82) is 0 Å². The number of hydrogen-bond acceptors (Lipinski definition) is 1. The molecule has 1 heterocycles. The van der Waals surface area contributed by atoms with Gasteiger partial charge >= 0.3 is 37.9 Å². The first-order valence-electron chi connectivity index (χ1n) is 11.8. The van der Waals surface area contributed by atoms with Crippen molar-refractivity contribution in [2.24, 2.45) is 0 Å². The Labute approximate surface area is 237 Å². The second kappa shape index (κ2) is 14.7. The van der Waals surface area contributed by atoms with E-state index in [1.807, 2.05) is 42.5 Å². The Hall–Kier alpha value is -2.91. The van der Waals surface area contributed by atoms with Crippen molar-refractivity contribution in [1.82, 2.24) is 4.98 Å². The minimum Gasteiger partial charge on any atom is -0.679 e. The van der Waals surface area contributed by atoms with Gasteiger partial charge in [0.1, 0.15) is 0 Å². The standard InChI is InChI=1S/C31H25N3.2ClH.Zr/c1-3-12-24(13-4-1)28-18-7-9-20-30(28)32-22-26-16-11-17-27(34-26)23-33-31-21-10-8-19-29(31)25-14-5-2-6-15-25;;;/h1-21H,22-23H2;2*1H;/q-2;;;+4/p-2. The molecule has 0 bridgehead atoms. The van der Waals surface area contributed by atoms with Crippen LogP contribution >= 0.6 is 17.0 Å². The van der Waals surface area contributed by atoms with E-state index in [9.17, 15) is 0 Å². The maximum Gasteiger partial charge on any atom is 0.0230 e. The van der Waals surface area contributed by atoms with Crippen molar-refractivity contribution < 1.29 is 20.8 Å². The second-order valence-corrected chi connectivity index (χ2v) is 11.8. The minimum absolute atomic E-state index is 0.526. The summed E-state index contributed by atoms with van der Waals surface area (Å²) in [5.41, 5.74) is 8.42. The Morgan fingerprint density at radius 1 is 0.486 bits per heavy atom. The Balaban J connectivity index is 0.00000102. The first kappa shape index (κ1) is 27.1. The van der Waals surface area contributed by atoms with Gasteiger partial charge in [-0.1, -0.05) is 128 Å². The molecule has 0 fully saturated rings. The summed E-state index contributed by atoms with van der Waals surface area (Å²) in [5, 5.41) is 9.75. The van der Waals surface area contributed by atoms with Crippen molar-refractivity contribution >= 4 is 28.4 Å². The van der Waals surface area contributed by atoms with Crippen LogP contribution in [0.1, 0.15) is 11.4 Å². The number of para-hydroxylation sites is 2. The van der Waals surface area contributed by atoms with E-state index in [0.29, 0.717) is 13.1 Å². The zero-order valence-corrected chi connectivity index (χ0v) is 24.1. The number of halogens is 2. The predicted octanol–water partition coefficient (Wildman–Crippen LogP) is 10.2. The molecule has 0 aliphatic heterocycles. The van der Waals surface area contributed by atoms with Gasteiger partial charge in [-0.3, -0.25) is 4.98 Å². The fraction of sp³-hybridized carbons (Fsp3) is 0.0645. The van der Waals surface area contributed by atoms with Crippen molar-refractivity contribution in [3.8, 4) is 22.3 Å².